The van der Waals surface area contributed by atoms with E-state index < -0.39 is 5.97 Å². The normalized spacial score (nSPS) is 23.0. The number of carbonyl (C=O) groups is 1. The maximum absolute atomic E-state index is 11.6. The number of rotatable bonds is 2. The van der Waals surface area contributed by atoms with E-state index in [1.54, 1.807) is 6.07 Å². The number of hydrogen-bond donors (Lipinski definition) is 2. The van der Waals surface area contributed by atoms with Crippen molar-refractivity contribution in [2.75, 3.05) is 12.1 Å². The van der Waals surface area contributed by atoms with Crippen LogP contribution in [0.3, 0.4) is 0 Å². The molecule has 5 nitrogen and oxygen atoms in total. The predicted molar refractivity (Wildman–Crippen MR) is 108 cm³/mol. The first-order chi connectivity index (χ1) is 14.2. The molecule has 0 radical (unpaired) electrons. The lowest BCUT2D eigenvalue weighted by molar-refractivity contribution is 0.0696. The number of hydrogen-bond acceptors (Lipinski definition) is 4. The van der Waals surface area contributed by atoms with Crippen molar-refractivity contribution in [3.8, 4) is 11.5 Å². The summed E-state index contributed by atoms with van der Waals surface area (Å²) in [5, 5.41) is 13.2. The smallest absolute Gasteiger partial charge is 0.335 e. The van der Waals surface area contributed by atoms with Crippen molar-refractivity contribution in [2.45, 2.75) is 18.4 Å². The zero-order valence-corrected chi connectivity index (χ0v) is 15.6. The molecule has 3 aliphatic rings. The molecule has 0 amide bonds. The third-order valence-electron chi connectivity index (χ3n) is 6.40. The third kappa shape index (κ3) is 2.43. The maximum Gasteiger partial charge on any atom is 0.335 e. The van der Waals surface area contributed by atoms with Crippen molar-refractivity contribution in [3.63, 3.8) is 0 Å². The number of benzene rings is 3. The summed E-state index contributed by atoms with van der Waals surface area (Å²) in [6, 6.07) is 20.2. The molecule has 0 saturated carbocycles. The third-order valence-corrected chi connectivity index (χ3v) is 6.40. The molecule has 6 rings (SSSR count). The van der Waals surface area contributed by atoms with E-state index in [0.29, 0.717) is 11.5 Å². The second-order valence-corrected chi connectivity index (χ2v) is 7.89. The van der Waals surface area contributed by atoms with Gasteiger partial charge in [0.25, 0.3) is 0 Å². The summed E-state index contributed by atoms with van der Waals surface area (Å²) < 4.78 is 11.1. The first kappa shape index (κ1) is 16.5. The Morgan fingerprint density at radius 2 is 1.83 bits per heavy atom. The quantitative estimate of drug-likeness (QED) is 0.676. The maximum atomic E-state index is 11.6. The Hall–Kier alpha value is -3.47. The lowest BCUT2D eigenvalue weighted by Gasteiger charge is -2.38. The number of anilines is 1. The molecule has 0 saturated heterocycles. The fraction of sp³-hybridized carbons (Fsp3) is 0.208. The van der Waals surface area contributed by atoms with Crippen LogP contribution in [0, 0.1) is 5.92 Å². The van der Waals surface area contributed by atoms with Gasteiger partial charge in [-0.3, -0.25) is 0 Å². The van der Waals surface area contributed by atoms with Crippen LogP contribution in [-0.2, 0) is 6.42 Å². The minimum Gasteiger partial charge on any atom is -0.478 e. The van der Waals surface area contributed by atoms with Crippen LogP contribution >= 0.6 is 0 Å². The minimum absolute atomic E-state index is 0.102. The Bertz CT molecular complexity index is 1160. The highest BCUT2D eigenvalue weighted by atomic mass is 16.7. The number of carboxylic acid groups (broad SMARTS) is 1. The molecule has 3 aromatic rings. The standard InChI is InChI=1S/C24H19NO4/c26-24(27)15-5-7-19-17(10-15)22-16-4-2-1-3-13(16)9-18(22)23(25-19)14-6-8-20-21(11-14)29-12-28-20/h1-8,10-11,18,22-23,25H,9,12H2,(H,26,27)/t18-,22+,23+/m1/s1. The lowest BCUT2D eigenvalue weighted by Crippen LogP contribution is -2.30. The molecule has 0 aromatic heterocycles. The Labute approximate surface area is 167 Å². The Kier molecular flexibility index (Phi) is 3.42. The Balaban J connectivity index is 1.51. The molecule has 0 unspecified atom stereocenters. The molecule has 0 bridgehead atoms. The molecule has 29 heavy (non-hydrogen) atoms. The van der Waals surface area contributed by atoms with E-state index in [2.05, 4.69) is 41.7 Å². The van der Waals surface area contributed by atoms with Crippen LogP contribution in [0.4, 0.5) is 5.69 Å². The van der Waals surface area contributed by atoms with Crippen molar-refractivity contribution in [2.24, 2.45) is 5.92 Å². The van der Waals surface area contributed by atoms with E-state index in [4.69, 9.17) is 9.47 Å². The van der Waals surface area contributed by atoms with Gasteiger partial charge in [0, 0.05) is 11.6 Å². The summed E-state index contributed by atoms with van der Waals surface area (Å²) >= 11 is 0. The van der Waals surface area contributed by atoms with E-state index in [1.807, 2.05) is 18.2 Å². The number of fused-ring (bicyclic) bond motifs is 6. The molecule has 144 valence electrons. The van der Waals surface area contributed by atoms with Crippen LogP contribution in [0.15, 0.2) is 60.7 Å². The Morgan fingerprint density at radius 1 is 0.966 bits per heavy atom. The van der Waals surface area contributed by atoms with Gasteiger partial charge in [0.15, 0.2) is 11.5 Å². The van der Waals surface area contributed by atoms with Gasteiger partial charge in [0.05, 0.1) is 11.6 Å². The first-order valence-corrected chi connectivity index (χ1v) is 9.80. The van der Waals surface area contributed by atoms with Gasteiger partial charge < -0.3 is 19.9 Å². The van der Waals surface area contributed by atoms with Crippen molar-refractivity contribution < 1.29 is 19.4 Å². The average Bonchev–Trinajstić information content (AvgIpc) is 3.36. The van der Waals surface area contributed by atoms with E-state index in [9.17, 15) is 9.90 Å². The highest BCUT2D eigenvalue weighted by Gasteiger charge is 2.43. The molecule has 0 fully saturated rings. The molecule has 2 N–H and O–H groups in total. The summed E-state index contributed by atoms with van der Waals surface area (Å²) in [5.41, 5.74) is 6.19. The highest BCUT2D eigenvalue weighted by molar-refractivity contribution is 5.89. The van der Waals surface area contributed by atoms with Crippen molar-refractivity contribution in [3.05, 3.63) is 88.5 Å². The van der Waals surface area contributed by atoms with E-state index in [1.165, 1.54) is 11.1 Å². The summed E-state index contributed by atoms with van der Waals surface area (Å²) in [4.78, 5) is 11.6. The molecule has 5 heteroatoms. The monoisotopic (exact) mass is 385 g/mol. The van der Waals surface area contributed by atoms with Crippen LogP contribution < -0.4 is 14.8 Å². The average molecular weight is 385 g/mol. The largest absolute Gasteiger partial charge is 0.478 e. The highest BCUT2D eigenvalue weighted by Crippen LogP contribution is 2.54. The second kappa shape index (κ2) is 6.01. The molecule has 3 aromatic carbocycles. The number of nitrogens with one attached hydrogen (secondary N) is 1. The van der Waals surface area contributed by atoms with Crippen LogP contribution in [0.2, 0.25) is 0 Å². The van der Waals surface area contributed by atoms with Gasteiger partial charge in [-0.15, -0.1) is 0 Å². The molecule has 0 spiro atoms. The van der Waals surface area contributed by atoms with E-state index >= 15 is 0 Å². The van der Waals surface area contributed by atoms with E-state index in [0.717, 1.165) is 34.7 Å². The minimum atomic E-state index is -0.895. The molecule has 2 aliphatic heterocycles. The lowest BCUT2D eigenvalue weighted by atomic mass is 9.75. The van der Waals surface area contributed by atoms with Crippen LogP contribution in [0.1, 0.15) is 44.6 Å². The molecule has 2 heterocycles. The van der Waals surface area contributed by atoms with Gasteiger partial charge >= 0.3 is 5.97 Å². The Morgan fingerprint density at radius 3 is 2.72 bits per heavy atom. The van der Waals surface area contributed by atoms with Gasteiger partial charge in [-0.25, -0.2) is 4.79 Å². The number of carboxylic acids is 1. The van der Waals surface area contributed by atoms with Crippen LogP contribution in [-0.4, -0.2) is 17.9 Å². The zero-order chi connectivity index (χ0) is 19.5. The number of ether oxygens (including phenoxy) is 2. The van der Waals surface area contributed by atoms with Crippen molar-refractivity contribution in [1.29, 1.82) is 0 Å². The number of aromatic carboxylic acids is 1. The topological polar surface area (TPSA) is 67.8 Å². The predicted octanol–water partition coefficient (Wildman–Crippen LogP) is 4.58. The SMILES string of the molecule is O=C(O)c1ccc2c(c1)[C@@H]1c3ccccc3C[C@H]1[C@H](c1ccc3c(c1)OCO3)N2. The van der Waals surface area contributed by atoms with Gasteiger partial charge in [0.1, 0.15) is 0 Å². The summed E-state index contributed by atoms with van der Waals surface area (Å²) in [7, 11) is 0. The molecular formula is C24H19NO4. The summed E-state index contributed by atoms with van der Waals surface area (Å²) in [6.07, 6.45) is 0.948. The second-order valence-electron chi connectivity index (χ2n) is 7.89. The fourth-order valence-corrected chi connectivity index (χ4v) is 5.13. The molecular weight excluding hydrogens is 366 g/mol. The van der Waals surface area contributed by atoms with Crippen LogP contribution in [0.25, 0.3) is 0 Å². The molecule has 3 atom stereocenters. The zero-order valence-electron chi connectivity index (χ0n) is 15.6. The van der Waals surface area contributed by atoms with Crippen molar-refractivity contribution in [1.82, 2.24) is 0 Å². The summed E-state index contributed by atoms with van der Waals surface area (Å²) in [6.45, 7) is 0.259. The summed E-state index contributed by atoms with van der Waals surface area (Å²) in [5.74, 6) is 1.13. The van der Waals surface area contributed by atoms with Crippen LogP contribution in [0.5, 0.6) is 11.5 Å². The first-order valence-electron chi connectivity index (χ1n) is 9.80. The molecule has 1 aliphatic carbocycles. The van der Waals surface area contributed by atoms with Gasteiger partial charge in [-0.2, -0.15) is 0 Å². The van der Waals surface area contributed by atoms with Crippen molar-refractivity contribution >= 4 is 11.7 Å². The van der Waals surface area contributed by atoms with Gasteiger partial charge in [-0.1, -0.05) is 30.3 Å². The van der Waals surface area contributed by atoms with Gasteiger partial charge in [0.2, 0.25) is 6.79 Å². The van der Waals surface area contributed by atoms with E-state index in [-0.39, 0.29) is 18.8 Å². The van der Waals surface area contributed by atoms with Gasteiger partial charge in [-0.05, 0) is 64.9 Å². The fourth-order valence-electron chi connectivity index (χ4n) is 5.13.